The van der Waals surface area contributed by atoms with Crippen molar-refractivity contribution in [2.45, 2.75) is 26.2 Å². The molecule has 0 rings (SSSR count). The maximum absolute atomic E-state index is 10.6. The fourth-order valence-corrected chi connectivity index (χ4v) is 0.952. The lowest BCUT2D eigenvalue weighted by Gasteiger charge is -2.05. The number of ether oxygens (including phenoxy) is 1. The van der Waals surface area contributed by atoms with Crippen LogP contribution >= 0.6 is 0 Å². The molecule has 1 atom stereocenters. The molecule has 0 saturated heterocycles. The van der Waals surface area contributed by atoms with Gasteiger partial charge in [-0.1, -0.05) is 19.8 Å². The Morgan fingerprint density at radius 3 is 2.67 bits per heavy atom. The van der Waals surface area contributed by atoms with Crippen LogP contribution in [0.3, 0.4) is 0 Å². The first-order valence-corrected chi connectivity index (χ1v) is 5.12. The molecular formula is C7H13O4S-. The standard InChI is InChI=1S/C7H14O4S/c1-2-3-4-5-11-7(8)6-12(9)10/h2-6H2,1H3,(H,9,10)/p-1. The molecule has 72 valence electrons. The van der Waals surface area contributed by atoms with Crippen molar-refractivity contribution in [1.82, 2.24) is 0 Å². The summed E-state index contributed by atoms with van der Waals surface area (Å²) in [7, 11) is 0. The van der Waals surface area contributed by atoms with Crippen molar-refractivity contribution in [3.63, 3.8) is 0 Å². The van der Waals surface area contributed by atoms with Gasteiger partial charge in [-0.3, -0.25) is 9.00 Å². The molecule has 1 unspecified atom stereocenters. The Balaban J connectivity index is 3.26. The average Bonchev–Trinajstić information content (AvgIpc) is 1.97. The Labute approximate surface area is 74.6 Å². The third kappa shape index (κ3) is 7.68. The number of esters is 1. The van der Waals surface area contributed by atoms with E-state index in [0.29, 0.717) is 6.61 Å². The second-order valence-electron chi connectivity index (χ2n) is 2.38. The van der Waals surface area contributed by atoms with Gasteiger partial charge < -0.3 is 9.29 Å². The number of hydrogen-bond acceptors (Lipinski definition) is 4. The van der Waals surface area contributed by atoms with E-state index in [1.165, 1.54) is 0 Å². The highest BCUT2D eigenvalue weighted by Gasteiger charge is 2.00. The van der Waals surface area contributed by atoms with E-state index in [1.807, 2.05) is 6.92 Å². The molecule has 12 heavy (non-hydrogen) atoms. The van der Waals surface area contributed by atoms with Gasteiger partial charge in [0.25, 0.3) is 0 Å². The van der Waals surface area contributed by atoms with Crippen LogP contribution in [0, 0.1) is 0 Å². The monoisotopic (exact) mass is 193 g/mol. The van der Waals surface area contributed by atoms with E-state index >= 15 is 0 Å². The quantitative estimate of drug-likeness (QED) is 0.352. The molecule has 0 aromatic carbocycles. The van der Waals surface area contributed by atoms with Gasteiger partial charge in [-0.2, -0.15) is 0 Å². The summed E-state index contributed by atoms with van der Waals surface area (Å²) < 4.78 is 24.6. The van der Waals surface area contributed by atoms with Crippen LogP contribution in [0.1, 0.15) is 26.2 Å². The van der Waals surface area contributed by atoms with E-state index in [0.717, 1.165) is 19.3 Å². The van der Waals surface area contributed by atoms with E-state index in [9.17, 15) is 13.6 Å². The molecule has 0 aromatic heterocycles. The smallest absolute Gasteiger partial charge is 0.317 e. The van der Waals surface area contributed by atoms with Crippen molar-refractivity contribution >= 4 is 17.0 Å². The van der Waals surface area contributed by atoms with Crippen LogP contribution in [0.25, 0.3) is 0 Å². The fraction of sp³-hybridized carbons (Fsp3) is 0.857. The number of carbonyl (C=O) groups excluding carboxylic acids is 1. The zero-order chi connectivity index (χ0) is 9.40. The first kappa shape index (κ1) is 11.6. The van der Waals surface area contributed by atoms with Gasteiger partial charge in [0.2, 0.25) is 0 Å². The summed E-state index contributed by atoms with van der Waals surface area (Å²) >= 11 is -2.33. The number of unbranched alkanes of at least 4 members (excludes halogenated alkanes) is 2. The van der Waals surface area contributed by atoms with E-state index < -0.39 is 22.8 Å². The molecule has 0 bridgehead atoms. The summed E-state index contributed by atoms with van der Waals surface area (Å²) in [6.07, 6.45) is 2.84. The lowest BCUT2D eigenvalue weighted by molar-refractivity contribution is -0.140. The van der Waals surface area contributed by atoms with E-state index in [-0.39, 0.29) is 0 Å². The van der Waals surface area contributed by atoms with Crippen LogP contribution in [-0.4, -0.2) is 27.1 Å². The van der Waals surface area contributed by atoms with Crippen LogP contribution in [0.5, 0.6) is 0 Å². The van der Waals surface area contributed by atoms with Crippen LogP contribution in [0.15, 0.2) is 0 Å². The molecule has 0 radical (unpaired) electrons. The summed E-state index contributed by atoms with van der Waals surface area (Å²) in [5, 5.41) is 0. The highest BCUT2D eigenvalue weighted by Crippen LogP contribution is 1.94. The number of rotatable bonds is 6. The highest BCUT2D eigenvalue weighted by molar-refractivity contribution is 7.79. The maximum Gasteiger partial charge on any atom is 0.317 e. The molecule has 0 fully saturated rings. The minimum Gasteiger partial charge on any atom is -0.772 e. The third-order valence-corrected chi connectivity index (χ3v) is 1.72. The zero-order valence-electron chi connectivity index (χ0n) is 7.08. The maximum atomic E-state index is 10.6. The van der Waals surface area contributed by atoms with Gasteiger partial charge in [0.15, 0.2) is 0 Å². The third-order valence-electron chi connectivity index (χ3n) is 1.25. The molecule has 0 aliphatic heterocycles. The SMILES string of the molecule is CCCCCOC(=O)CS(=O)[O-]. The predicted molar refractivity (Wildman–Crippen MR) is 44.3 cm³/mol. The second-order valence-corrected chi connectivity index (χ2v) is 3.27. The topological polar surface area (TPSA) is 66.4 Å². The lowest BCUT2D eigenvalue weighted by Crippen LogP contribution is -2.14. The van der Waals surface area contributed by atoms with Gasteiger partial charge >= 0.3 is 5.97 Å². The van der Waals surface area contributed by atoms with Crippen LogP contribution < -0.4 is 0 Å². The van der Waals surface area contributed by atoms with Gasteiger partial charge in [0, 0.05) is 0 Å². The normalized spacial score (nSPS) is 12.5. The Morgan fingerprint density at radius 1 is 1.50 bits per heavy atom. The number of carbonyl (C=O) groups is 1. The summed E-state index contributed by atoms with van der Waals surface area (Å²) in [5.41, 5.74) is 0. The summed E-state index contributed by atoms with van der Waals surface area (Å²) in [6, 6.07) is 0. The van der Waals surface area contributed by atoms with Crippen LogP contribution in [0.2, 0.25) is 0 Å². The zero-order valence-corrected chi connectivity index (χ0v) is 7.89. The summed E-state index contributed by atoms with van der Waals surface area (Å²) in [5.74, 6) is -1.20. The Bertz CT molecular complexity index is 157. The van der Waals surface area contributed by atoms with E-state index in [1.54, 1.807) is 0 Å². The van der Waals surface area contributed by atoms with Gasteiger partial charge in [0.1, 0.15) is 5.75 Å². The Kier molecular flexibility index (Phi) is 6.99. The summed E-state index contributed by atoms with van der Waals surface area (Å²) in [4.78, 5) is 10.6. The second kappa shape index (κ2) is 7.24. The summed E-state index contributed by atoms with van der Waals surface area (Å²) in [6.45, 7) is 2.36. The highest BCUT2D eigenvalue weighted by atomic mass is 32.2. The van der Waals surface area contributed by atoms with Crippen molar-refractivity contribution in [1.29, 1.82) is 0 Å². The van der Waals surface area contributed by atoms with Gasteiger partial charge in [0.05, 0.1) is 6.61 Å². The predicted octanol–water partition coefficient (Wildman–Crippen LogP) is 0.599. The first-order chi connectivity index (χ1) is 5.66. The largest absolute Gasteiger partial charge is 0.772 e. The van der Waals surface area contributed by atoms with Crippen molar-refractivity contribution < 1.29 is 18.3 Å². The van der Waals surface area contributed by atoms with Crippen molar-refractivity contribution in [3.8, 4) is 0 Å². The average molecular weight is 193 g/mol. The molecule has 0 heterocycles. The van der Waals surface area contributed by atoms with Crippen LogP contribution in [0.4, 0.5) is 0 Å². The molecule has 0 aliphatic rings. The van der Waals surface area contributed by atoms with Crippen molar-refractivity contribution in [2.24, 2.45) is 0 Å². The molecule has 0 spiro atoms. The molecule has 0 amide bonds. The molecule has 5 heteroatoms. The van der Waals surface area contributed by atoms with Crippen molar-refractivity contribution in [3.05, 3.63) is 0 Å². The van der Waals surface area contributed by atoms with Gasteiger partial charge in [-0.15, -0.1) is 0 Å². The number of hydrogen-bond donors (Lipinski definition) is 0. The van der Waals surface area contributed by atoms with E-state index in [4.69, 9.17) is 0 Å². The minimum absolute atomic E-state index is 0.323. The van der Waals surface area contributed by atoms with Gasteiger partial charge in [-0.25, -0.2) is 0 Å². The molecule has 0 saturated carbocycles. The lowest BCUT2D eigenvalue weighted by atomic mass is 10.3. The Morgan fingerprint density at radius 2 is 2.17 bits per heavy atom. The van der Waals surface area contributed by atoms with E-state index in [2.05, 4.69) is 4.74 Å². The fourth-order valence-electron chi connectivity index (χ4n) is 0.676. The van der Waals surface area contributed by atoms with Crippen LogP contribution in [-0.2, 0) is 20.6 Å². The molecular weight excluding hydrogens is 180 g/mol. The van der Waals surface area contributed by atoms with Gasteiger partial charge in [-0.05, 0) is 17.5 Å². The first-order valence-electron chi connectivity index (χ1n) is 3.88. The molecule has 4 nitrogen and oxygen atoms in total. The molecule has 0 N–H and O–H groups in total. The molecule has 0 aliphatic carbocycles. The Hall–Kier alpha value is -0.420. The van der Waals surface area contributed by atoms with Crippen molar-refractivity contribution in [2.75, 3.05) is 12.4 Å². The minimum atomic E-state index is -2.33. The molecule has 0 aromatic rings.